The van der Waals surface area contributed by atoms with E-state index in [1.807, 2.05) is 30.3 Å². The fraction of sp³-hybridized carbons (Fsp3) is 0.278. The van der Waals surface area contributed by atoms with Crippen LogP contribution in [0.4, 0.5) is 5.95 Å². The number of methoxy groups -OCH3 is 2. The largest absolute Gasteiger partial charge is 0.497 e. The molecule has 0 unspecified atom stereocenters. The normalized spacial score (nSPS) is 18.7. The number of hydrogen-bond acceptors (Lipinski definition) is 6. The Morgan fingerprint density at radius 1 is 1.12 bits per heavy atom. The van der Waals surface area contributed by atoms with Crippen LogP contribution in [0.5, 0.6) is 11.5 Å². The van der Waals surface area contributed by atoms with Crippen molar-refractivity contribution in [3.8, 4) is 11.5 Å². The monoisotopic (exact) mass is 415 g/mol. The molecule has 0 bridgehead atoms. The van der Waals surface area contributed by atoms with Crippen LogP contribution in [0.15, 0.2) is 46.9 Å². The summed E-state index contributed by atoms with van der Waals surface area (Å²) in [5.74, 6) is 2.15. The zero-order chi connectivity index (χ0) is 18.1. The van der Waals surface area contributed by atoms with Crippen LogP contribution in [0.3, 0.4) is 0 Å². The minimum absolute atomic E-state index is 0.0456. The number of nitrogens with zero attached hydrogens (tertiary/aromatic N) is 4. The third kappa shape index (κ3) is 3.01. The van der Waals surface area contributed by atoms with Gasteiger partial charge in [0.2, 0.25) is 5.95 Å². The molecule has 1 N–H and O–H groups in total. The zero-order valence-corrected chi connectivity index (χ0v) is 16.0. The molecule has 0 spiro atoms. The van der Waals surface area contributed by atoms with Gasteiger partial charge in [0.25, 0.3) is 0 Å². The minimum atomic E-state index is -0.0456. The van der Waals surface area contributed by atoms with Crippen LogP contribution in [0.1, 0.15) is 29.6 Å². The minimum Gasteiger partial charge on any atom is -0.497 e. The van der Waals surface area contributed by atoms with Gasteiger partial charge in [-0.2, -0.15) is 0 Å². The van der Waals surface area contributed by atoms with Gasteiger partial charge in [0.15, 0.2) is 0 Å². The van der Waals surface area contributed by atoms with E-state index in [0.29, 0.717) is 5.95 Å². The summed E-state index contributed by atoms with van der Waals surface area (Å²) in [5, 5.41) is 15.6. The Morgan fingerprint density at radius 3 is 2.65 bits per heavy atom. The highest BCUT2D eigenvalue weighted by atomic mass is 79.9. The van der Waals surface area contributed by atoms with Gasteiger partial charge in [0.1, 0.15) is 11.5 Å². The van der Waals surface area contributed by atoms with Gasteiger partial charge in [0, 0.05) is 16.1 Å². The summed E-state index contributed by atoms with van der Waals surface area (Å²) in [5.41, 5.74) is 2.20. The van der Waals surface area contributed by atoms with Crippen molar-refractivity contribution in [1.29, 1.82) is 0 Å². The second-order valence-electron chi connectivity index (χ2n) is 6.05. The topological polar surface area (TPSA) is 74.1 Å². The number of ether oxygens (including phenoxy) is 2. The summed E-state index contributed by atoms with van der Waals surface area (Å²) >= 11 is 3.48. The summed E-state index contributed by atoms with van der Waals surface area (Å²) in [6.07, 6.45) is 0.794. The molecular weight excluding hydrogens is 398 g/mol. The van der Waals surface area contributed by atoms with E-state index in [1.165, 1.54) is 5.56 Å². The molecule has 3 aromatic rings. The summed E-state index contributed by atoms with van der Waals surface area (Å²) < 4.78 is 13.8. The molecule has 1 aliphatic rings. The molecule has 2 aromatic carbocycles. The van der Waals surface area contributed by atoms with Crippen molar-refractivity contribution in [3.63, 3.8) is 0 Å². The highest BCUT2D eigenvalue weighted by Crippen LogP contribution is 2.41. The fourth-order valence-electron chi connectivity index (χ4n) is 3.30. The summed E-state index contributed by atoms with van der Waals surface area (Å²) in [7, 11) is 3.30. The number of tetrazole rings is 1. The Bertz CT molecular complexity index is 912. The standard InChI is InChI=1S/C18H18BrN5O2/c1-25-13-7-8-14(17(9-13)26-2)16-10-15(11-3-5-12(19)6-4-11)20-18-21-22-23-24(16)18/h3-9,15-16H,10H2,1-2H3,(H,20,21,23)/t15-,16+/m0/s1. The lowest BCUT2D eigenvalue weighted by molar-refractivity contribution is 0.369. The third-order valence-corrected chi connectivity index (χ3v) is 5.15. The number of nitrogens with one attached hydrogen (secondary N) is 1. The van der Waals surface area contributed by atoms with Gasteiger partial charge in [-0.3, -0.25) is 0 Å². The van der Waals surface area contributed by atoms with Crippen LogP contribution in [0.25, 0.3) is 0 Å². The van der Waals surface area contributed by atoms with Crippen molar-refractivity contribution in [2.45, 2.75) is 18.5 Å². The van der Waals surface area contributed by atoms with Gasteiger partial charge in [-0.25, -0.2) is 4.68 Å². The van der Waals surface area contributed by atoms with Crippen molar-refractivity contribution in [2.75, 3.05) is 19.5 Å². The first-order valence-electron chi connectivity index (χ1n) is 8.21. The Hall–Kier alpha value is -2.61. The Morgan fingerprint density at radius 2 is 1.92 bits per heavy atom. The smallest absolute Gasteiger partial charge is 0.243 e. The molecule has 0 aliphatic carbocycles. The first kappa shape index (κ1) is 16.8. The molecule has 0 amide bonds. The lowest BCUT2D eigenvalue weighted by Gasteiger charge is -2.31. The number of halogens is 1. The van der Waals surface area contributed by atoms with Gasteiger partial charge in [0.05, 0.1) is 26.3 Å². The molecule has 1 aliphatic heterocycles. The maximum Gasteiger partial charge on any atom is 0.243 e. The number of anilines is 1. The molecule has 2 heterocycles. The maximum atomic E-state index is 5.60. The van der Waals surface area contributed by atoms with Crippen molar-refractivity contribution < 1.29 is 9.47 Å². The summed E-state index contributed by atoms with van der Waals surface area (Å²) in [4.78, 5) is 0. The van der Waals surface area contributed by atoms with Gasteiger partial charge in [-0.05, 0) is 46.7 Å². The molecule has 1 aromatic heterocycles. The lowest BCUT2D eigenvalue weighted by atomic mass is 9.93. The number of hydrogen-bond donors (Lipinski definition) is 1. The fourth-order valence-corrected chi connectivity index (χ4v) is 3.57. The van der Waals surface area contributed by atoms with Crippen LogP contribution >= 0.6 is 15.9 Å². The number of benzene rings is 2. The zero-order valence-electron chi connectivity index (χ0n) is 14.4. The molecule has 4 rings (SSSR count). The Labute approximate surface area is 159 Å². The SMILES string of the molecule is COc1ccc([C@H]2C[C@@H](c3ccc(Br)cc3)Nc3nnnn32)c(OC)c1. The molecule has 26 heavy (non-hydrogen) atoms. The molecule has 2 atom stereocenters. The predicted molar refractivity (Wildman–Crippen MR) is 101 cm³/mol. The van der Waals surface area contributed by atoms with E-state index >= 15 is 0 Å². The Kier molecular flexibility index (Phi) is 4.50. The summed E-state index contributed by atoms with van der Waals surface area (Å²) in [6.45, 7) is 0. The van der Waals surface area contributed by atoms with Gasteiger partial charge in [-0.15, -0.1) is 0 Å². The van der Waals surface area contributed by atoms with Gasteiger partial charge < -0.3 is 14.8 Å². The molecular formula is C18H18BrN5O2. The van der Waals surface area contributed by atoms with E-state index in [0.717, 1.165) is 28.0 Å². The maximum absolute atomic E-state index is 5.60. The third-order valence-electron chi connectivity index (χ3n) is 4.62. The van der Waals surface area contributed by atoms with Crippen LogP contribution in [-0.4, -0.2) is 34.4 Å². The quantitative estimate of drug-likeness (QED) is 0.701. The van der Waals surface area contributed by atoms with Crippen LogP contribution in [-0.2, 0) is 0 Å². The van der Waals surface area contributed by atoms with Crippen molar-refractivity contribution in [1.82, 2.24) is 20.2 Å². The predicted octanol–water partition coefficient (Wildman–Crippen LogP) is 3.60. The van der Waals surface area contributed by atoms with E-state index < -0.39 is 0 Å². The van der Waals surface area contributed by atoms with Gasteiger partial charge >= 0.3 is 0 Å². The van der Waals surface area contributed by atoms with E-state index in [-0.39, 0.29) is 12.1 Å². The number of fused-ring (bicyclic) bond motifs is 1. The summed E-state index contributed by atoms with van der Waals surface area (Å²) in [6, 6.07) is 14.2. The van der Waals surface area contributed by atoms with E-state index in [1.54, 1.807) is 18.9 Å². The van der Waals surface area contributed by atoms with E-state index in [2.05, 4.69) is 48.9 Å². The van der Waals surface area contributed by atoms with Crippen molar-refractivity contribution in [2.24, 2.45) is 0 Å². The van der Waals surface area contributed by atoms with Crippen LogP contribution in [0, 0.1) is 0 Å². The second kappa shape index (κ2) is 6.95. The van der Waals surface area contributed by atoms with E-state index in [9.17, 15) is 0 Å². The average Bonchev–Trinajstić information content (AvgIpc) is 3.16. The molecule has 7 nitrogen and oxygen atoms in total. The molecule has 0 fully saturated rings. The molecule has 0 saturated heterocycles. The molecule has 0 saturated carbocycles. The molecule has 134 valence electrons. The number of rotatable bonds is 4. The highest BCUT2D eigenvalue weighted by molar-refractivity contribution is 9.10. The van der Waals surface area contributed by atoms with E-state index in [4.69, 9.17) is 9.47 Å². The van der Waals surface area contributed by atoms with Gasteiger partial charge in [-0.1, -0.05) is 33.2 Å². The first-order valence-corrected chi connectivity index (χ1v) is 9.00. The van der Waals surface area contributed by atoms with Crippen molar-refractivity contribution in [3.05, 3.63) is 58.1 Å². The number of aromatic nitrogens is 4. The van der Waals surface area contributed by atoms with Crippen molar-refractivity contribution >= 4 is 21.9 Å². The Balaban J connectivity index is 1.75. The highest BCUT2D eigenvalue weighted by Gasteiger charge is 2.32. The first-order chi connectivity index (χ1) is 12.7. The average molecular weight is 416 g/mol. The molecule has 8 heteroatoms. The second-order valence-corrected chi connectivity index (χ2v) is 6.97. The van der Waals surface area contributed by atoms with Crippen LogP contribution < -0.4 is 14.8 Å². The molecule has 0 radical (unpaired) electrons. The lowest BCUT2D eigenvalue weighted by Crippen LogP contribution is -2.28. The van der Waals surface area contributed by atoms with Crippen LogP contribution in [0.2, 0.25) is 0 Å².